The number of ether oxygens (including phenoxy) is 1. The van der Waals surface area contributed by atoms with E-state index in [0.29, 0.717) is 31.7 Å². The molecule has 1 aromatic carbocycles. The molecule has 0 bridgehead atoms. The zero-order chi connectivity index (χ0) is 18.4. The van der Waals surface area contributed by atoms with Gasteiger partial charge in [0.2, 0.25) is 5.91 Å². The maximum Gasteiger partial charge on any atom is 0.281 e. The Morgan fingerprint density at radius 1 is 1.36 bits per heavy atom. The molecule has 1 aliphatic rings. The van der Waals surface area contributed by atoms with E-state index < -0.39 is 10.2 Å². The average Bonchev–Trinajstić information content (AvgIpc) is 2.60. The lowest BCUT2D eigenvalue weighted by molar-refractivity contribution is -0.126. The van der Waals surface area contributed by atoms with Crippen LogP contribution < -0.4 is 10.1 Å². The topological polar surface area (TPSA) is 79.0 Å². The van der Waals surface area contributed by atoms with Crippen LogP contribution in [0.5, 0.6) is 5.75 Å². The number of nitrogens with zero attached hydrogens (tertiary/aromatic N) is 2. The van der Waals surface area contributed by atoms with Gasteiger partial charge in [-0.2, -0.15) is 17.0 Å². The van der Waals surface area contributed by atoms with Crippen molar-refractivity contribution in [2.45, 2.75) is 12.8 Å². The fraction of sp³-hybridized carbons (Fsp3) is 0.562. The van der Waals surface area contributed by atoms with Crippen molar-refractivity contribution in [3.05, 3.63) is 30.1 Å². The molecule has 9 heteroatoms. The van der Waals surface area contributed by atoms with Crippen LogP contribution in [0.2, 0.25) is 0 Å². The Kier molecular flexibility index (Phi) is 6.74. The zero-order valence-corrected chi connectivity index (χ0v) is 15.3. The summed E-state index contributed by atoms with van der Waals surface area (Å²) in [4.78, 5) is 12.2. The molecule has 1 atom stereocenters. The predicted octanol–water partition coefficient (Wildman–Crippen LogP) is 0.839. The summed E-state index contributed by atoms with van der Waals surface area (Å²) in [5.41, 5.74) is 0. The third kappa shape index (κ3) is 5.38. The fourth-order valence-corrected chi connectivity index (χ4v) is 3.81. The number of rotatable bonds is 7. The Morgan fingerprint density at radius 2 is 2.04 bits per heavy atom. The standard InChI is InChI=1S/C16H24FN3O4S/c1-19(2)25(22,23)20-10-3-4-13(12-20)16(21)18-9-11-24-15-7-5-14(17)6-8-15/h5-8,13H,3-4,9-12H2,1-2H3,(H,18,21)/t13-/m1/s1. The summed E-state index contributed by atoms with van der Waals surface area (Å²) in [6, 6.07) is 5.63. The summed E-state index contributed by atoms with van der Waals surface area (Å²) >= 11 is 0. The van der Waals surface area contributed by atoms with Crippen LogP contribution in [0.3, 0.4) is 0 Å². The van der Waals surface area contributed by atoms with E-state index in [-0.39, 0.29) is 30.8 Å². The van der Waals surface area contributed by atoms with Gasteiger partial charge in [-0.1, -0.05) is 0 Å². The molecule has 0 radical (unpaired) electrons. The molecule has 1 fully saturated rings. The number of carbonyl (C=O) groups is 1. The number of hydrogen-bond donors (Lipinski definition) is 1. The van der Waals surface area contributed by atoms with Crippen molar-refractivity contribution in [3.63, 3.8) is 0 Å². The molecule has 2 rings (SSSR count). The monoisotopic (exact) mass is 373 g/mol. The molecule has 1 saturated heterocycles. The Labute approximate surface area is 147 Å². The Bertz CT molecular complexity index is 679. The Hall–Kier alpha value is -1.71. The molecule has 1 heterocycles. The van der Waals surface area contributed by atoms with E-state index in [9.17, 15) is 17.6 Å². The number of amides is 1. The maximum atomic E-state index is 12.8. The van der Waals surface area contributed by atoms with Crippen molar-refractivity contribution in [1.29, 1.82) is 0 Å². The number of halogens is 1. The van der Waals surface area contributed by atoms with Gasteiger partial charge in [0.25, 0.3) is 10.2 Å². The Balaban J connectivity index is 1.77. The van der Waals surface area contributed by atoms with Crippen molar-refractivity contribution >= 4 is 16.1 Å². The van der Waals surface area contributed by atoms with Gasteiger partial charge < -0.3 is 10.1 Å². The molecule has 1 aromatic rings. The first-order valence-corrected chi connectivity index (χ1v) is 9.54. The normalized spacial score (nSPS) is 19.0. The largest absolute Gasteiger partial charge is 0.492 e. The van der Waals surface area contributed by atoms with Gasteiger partial charge in [-0.3, -0.25) is 4.79 Å². The minimum absolute atomic E-state index is 0.179. The predicted molar refractivity (Wildman–Crippen MR) is 91.8 cm³/mol. The highest BCUT2D eigenvalue weighted by molar-refractivity contribution is 7.86. The van der Waals surface area contributed by atoms with Crippen LogP contribution >= 0.6 is 0 Å². The van der Waals surface area contributed by atoms with E-state index in [1.807, 2.05) is 0 Å². The average molecular weight is 373 g/mol. The van der Waals surface area contributed by atoms with Gasteiger partial charge in [0.05, 0.1) is 12.5 Å². The highest BCUT2D eigenvalue weighted by atomic mass is 32.2. The van der Waals surface area contributed by atoms with Crippen molar-refractivity contribution in [2.75, 3.05) is 40.3 Å². The first-order valence-electron chi connectivity index (χ1n) is 8.14. The lowest BCUT2D eigenvalue weighted by atomic mass is 9.99. The van der Waals surface area contributed by atoms with Gasteiger partial charge in [-0.05, 0) is 37.1 Å². The quantitative estimate of drug-likeness (QED) is 0.719. The first kappa shape index (κ1) is 19.6. The summed E-state index contributed by atoms with van der Waals surface area (Å²) in [6.07, 6.45) is 1.31. The SMILES string of the molecule is CN(C)S(=O)(=O)N1CCC[C@@H](C(=O)NCCOc2ccc(F)cc2)C1. The number of carbonyl (C=O) groups excluding carboxylic acids is 1. The fourth-order valence-electron chi connectivity index (χ4n) is 2.62. The van der Waals surface area contributed by atoms with E-state index in [4.69, 9.17) is 4.74 Å². The van der Waals surface area contributed by atoms with Crippen LogP contribution in [0.4, 0.5) is 4.39 Å². The van der Waals surface area contributed by atoms with Gasteiger partial charge >= 0.3 is 0 Å². The van der Waals surface area contributed by atoms with Gasteiger partial charge in [0, 0.05) is 27.2 Å². The van der Waals surface area contributed by atoms with Crippen LogP contribution in [0.15, 0.2) is 24.3 Å². The third-order valence-corrected chi connectivity index (χ3v) is 5.93. The molecule has 140 valence electrons. The molecule has 0 aliphatic carbocycles. The van der Waals surface area contributed by atoms with Gasteiger partial charge in [-0.25, -0.2) is 4.39 Å². The first-order chi connectivity index (χ1) is 11.8. The number of nitrogens with one attached hydrogen (secondary N) is 1. The minimum atomic E-state index is -3.50. The van der Waals surface area contributed by atoms with Crippen LogP contribution in [0.1, 0.15) is 12.8 Å². The lowest BCUT2D eigenvalue weighted by Crippen LogP contribution is -2.49. The second-order valence-electron chi connectivity index (χ2n) is 6.08. The number of piperidine rings is 1. The number of hydrogen-bond acceptors (Lipinski definition) is 4. The van der Waals surface area contributed by atoms with E-state index in [1.165, 1.54) is 42.7 Å². The van der Waals surface area contributed by atoms with Gasteiger partial charge in [0.1, 0.15) is 18.2 Å². The molecule has 7 nitrogen and oxygen atoms in total. The lowest BCUT2D eigenvalue weighted by Gasteiger charge is -2.32. The molecule has 1 aliphatic heterocycles. The minimum Gasteiger partial charge on any atom is -0.492 e. The summed E-state index contributed by atoms with van der Waals surface area (Å²) in [5.74, 6) is -0.359. The van der Waals surface area contributed by atoms with Crippen molar-refractivity contribution in [1.82, 2.24) is 13.9 Å². The van der Waals surface area contributed by atoms with E-state index in [1.54, 1.807) is 0 Å². The molecule has 0 unspecified atom stereocenters. The molecule has 0 saturated carbocycles. The second-order valence-corrected chi connectivity index (χ2v) is 8.22. The highest BCUT2D eigenvalue weighted by Crippen LogP contribution is 2.20. The van der Waals surface area contributed by atoms with Crippen LogP contribution in [0, 0.1) is 11.7 Å². The number of benzene rings is 1. The third-order valence-electron chi connectivity index (χ3n) is 4.03. The summed E-state index contributed by atoms with van der Waals surface area (Å²) in [7, 11) is -0.544. The Morgan fingerprint density at radius 3 is 2.68 bits per heavy atom. The van der Waals surface area contributed by atoms with E-state index >= 15 is 0 Å². The molecule has 0 spiro atoms. The van der Waals surface area contributed by atoms with Crippen LogP contribution in [0.25, 0.3) is 0 Å². The highest BCUT2D eigenvalue weighted by Gasteiger charge is 2.33. The molecule has 1 N–H and O–H groups in total. The molecule has 0 aromatic heterocycles. The van der Waals surface area contributed by atoms with E-state index in [2.05, 4.69) is 5.32 Å². The molecule has 25 heavy (non-hydrogen) atoms. The molecular formula is C16H24FN3O4S. The van der Waals surface area contributed by atoms with Crippen LogP contribution in [-0.2, 0) is 15.0 Å². The van der Waals surface area contributed by atoms with Crippen LogP contribution in [-0.4, -0.2) is 63.3 Å². The smallest absolute Gasteiger partial charge is 0.281 e. The summed E-state index contributed by atoms with van der Waals surface area (Å²) < 4.78 is 45.0. The van der Waals surface area contributed by atoms with Gasteiger partial charge in [0.15, 0.2) is 0 Å². The molecular weight excluding hydrogens is 349 g/mol. The van der Waals surface area contributed by atoms with Crippen molar-refractivity contribution in [3.8, 4) is 5.75 Å². The summed E-state index contributed by atoms with van der Waals surface area (Å²) in [5, 5.41) is 2.76. The van der Waals surface area contributed by atoms with E-state index in [0.717, 1.165) is 4.31 Å². The molecule has 1 amide bonds. The summed E-state index contributed by atoms with van der Waals surface area (Å²) in [6.45, 7) is 1.17. The second kappa shape index (κ2) is 8.59. The van der Waals surface area contributed by atoms with Crippen molar-refractivity contribution < 1.29 is 22.3 Å². The van der Waals surface area contributed by atoms with Crippen molar-refractivity contribution in [2.24, 2.45) is 5.92 Å². The maximum absolute atomic E-state index is 12.8. The zero-order valence-electron chi connectivity index (χ0n) is 14.4. The van der Waals surface area contributed by atoms with Gasteiger partial charge in [-0.15, -0.1) is 0 Å².